The van der Waals surface area contributed by atoms with Gasteiger partial charge in [0.05, 0.1) is 12.7 Å². The van der Waals surface area contributed by atoms with E-state index in [4.69, 9.17) is 9.47 Å². The Kier molecular flexibility index (Phi) is 8.41. The SMILES string of the molecule is CC[C@H](C)c1ccccc1NC(=O)[C@H](C)OC(=O)CNC(=O)c1ccccc1OC. The molecule has 7 nitrogen and oxygen atoms in total. The van der Waals surface area contributed by atoms with E-state index in [2.05, 4.69) is 24.5 Å². The number of carbonyl (C=O) groups excluding carboxylic acids is 3. The molecule has 0 saturated heterocycles. The largest absolute Gasteiger partial charge is 0.496 e. The fraction of sp³-hybridized carbons (Fsp3) is 0.348. The molecule has 2 aromatic carbocycles. The zero-order chi connectivity index (χ0) is 22.1. The van der Waals surface area contributed by atoms with Crippen LogP contribution in [0.25, 0.3) is 0 Å². The molecular formula is C23H28N2O5. The summed E-state index contributed by atoms with van der Waals surface area (Å²) in [6.07, 6.45) is -0.0748. The third-order valence-electron chi connectivity index (χ3n) is 4.78. The Morgan fingerprint density at radius 1 is 1.00 bits per heavy atom. The van der Waals surface area contributed by atoms with E-state index in [1.165, 1.54) is 14.0 Å². The lowest BCUT2D eigenvalue weighted by molar-refractivity contribution is -0.152. The summed E-state index contributed by atoms with van der Waals surface area (Å²) in [5.41, 5.74) is 2.03. The van der Waals surface area contributed by atoms with Crippen LogP contribution in [-0.2, 0) is 14.3 Å². The molecule has 2 atom stereocenters. The molecule has 0 aliphatic carbocycles. The van der Waals surface area contributed by atoms with Crippen molar-refractivity contribution in [2.75, 3.05) is 19.0 Å². The van der Waals surface area contributed by atoms with Crippen molar-refractivity contribution in [1.29, 1.82) is 0 Å². The number of para-hydroxylation sites is 2. The summed E-state index contributed by atoms with van der Waals surface area (Å²) in [6, 6.07) is 14.2. The van der Waals surface area contributed by atoms with Gasteiger partial charge in [-0.15, -0.1) is 0 Å². The van der Waals surface area contributed by atoms with Gasteiger partial charge >= 0.3 is 5.97 Å². The highest BCUT2D eigenvalue weighted by Crippen LogP contribution is 2.26. The molecule has 0 fully saturated rings. The van der Waals surface area contributed by atoms with Crippen molar-refractivity contribution in [2.24, 2.45) is 0 Å². The second-order valence-electron chi connectivity index (χ2n) is 6.90. The van der Waals surface area contributed by atoms with Crippen LogP contribution in [-0.4, -0.2) is 37.5 Å². The van der Waals surface area contributed by atoms with E-state index in [1.54, 1.807) is 24.3 Å². The maximum absolute atomic E-state index is 12.5. The minimum absolute atomic E-state index is 0.282. The summed E-state index contributed by atoms with van der Waals surface area (Å²) in [7, 11) is 1.46. The molecule has 2 rings (SSSR count). The number of carbonyl (C=O) groups is 3. The van der Waals surface area contributed by atoms with Crippen molar-refractivity contribution in [3.63, 3.8) is 0 Å². The lowest BCUT2D eigenvalue weighted by Gasteiger charge is -2.18. The zero-order valence-corrected chi connectivity index (χ0v) is 17.7. The van der Waals surface area contributed by atoms with Crippen molar-refractivity contribution in [3.8, 4) is 5.75 Å². The lowest BCUT2D eigenvalue weighted by Crippen LogP contribution is -2.36. The molecule has 30 heavy (non-hydrogen) atoms. The van der Waals surface area contributed by atoms with Gasteiger partial charge in [0.1, 0.15) is 12.3 Å². The number of hydrogen-bond acceptors (Lipinski definition) is 5. The Bertz CT molecular complexity index is 897. The average molecular weight is 412 g/mol. The number of benzene rings is 2. The van der Waals surface area contributed by atoms with E-state index in [0.29, 0.717) is 17.0 Å². The van der Waals surface area contributed by atoms with Crippen LogP contribution in [0.3, 0.4) is 0 Å². The van der Waals surface area contributed by atoms with Gasteiger partial charge < -0.3 is 20.1 Å². The fourth-order valence-corrected chi connectivity index (χ4v) is 2.87. The van der Waals surface area contributed by atoms with Crippen LogP contribution in [0.15, 0.2) is 48.5 Å². The average Bonchev–Trinajstić information content (AvgIpc) is 2.77. The number of rotatable bonds is 9. The van der Waals surface area contributed by atoms with Crippen LogP contribution in [0.4, 0.5) is 5.69 Å². The molecule has 0 aromatic heterocycles. The van der Waals surface area contributed by atoms with E-state index in [0.717, 1.165) is 12.0 Å². The smallest absolute Gasteiger partial charge is 0.326 e. The first kappa shape index (κ1) is 22.9. The van der Waals surface area contributed by atoms with E-state index in [1.807, 2.05) is 24.3 Å². The van der Waals surface area contributed by atoms with E-state index in [-0.39, 0.29) is 12.5 Å². The molecule has 0 unspecified atom stereocenters. The molecule has 160 valence electrons. The van der Waals surface area contributed by atoms with Gasteiger partial charge in [-0.05, 0) is 43.0 Å². The number of ether oxygens (including phenoxy) is 2. The molecule has 0 heterocycles. The molecule has 2 N–H and O–H groups in total. The number of methoxy groups -OCH3 is 1. The van der Waals surface area contributed by atoms with Crippen LogP contribution in [0.5, 0.6) is 5.75 Å². The number of esters is 1. The van der Waals surface area contributed by atoms with Gasteiger partial charge in [0.15, 0.2) is 6.10 Å². The first-order chi connectivity index (χ1) is 14.4. The van der Waals surface area contributed by atoms with E-state index >= 15 is 0 Å². The predicted octanol–water partition coefficient (Wildman–Crippen LogP) is 3.51. The minimum atomic E-state index is -1.01. The maximum atomic E-state index is 12.5. The summed E-state index contributed by atoms with van der Waals surface area (Å²) in [5, 5.41) is 5.29. The molecule has 0 radical (unpaired) electrons. The standard InChI is InChI=1S/C23H28N2O5/c1-5-15(2)17-10-6-8-12-19(17)25-22(27)16(3)30-21(26)14-24-23(28)18-11-7-9-13-20(18)29-4/h6-13,15-16H,5,14H2,1-4H3,(H,24,28)(H,25,27)/t15-,16-/m0/s1. The molecule has 7 heteroatoms. The topological polar surface area (TPSA) is 93.7 Å². The van der Waals surface area contributed by atoms with Gasteiger partial charge in [0.25, 0.3) is 11.8 Å². The van der Waals surface area contributed by atoms with Crippen molar-refractivity contribution < 1.29 is 23.9 Å². The van der Waals surface area contributed by atoms with Gasteiger partial charge in [0.2, 0.25) is 0 Å². The highest BCUT2D eigenvalue weighted by Gasteiger charge is 2.20. The van der Waals surface area contributed by atoms with Crippen molar-refractivity contribution >= 4 is 23.5 Å². The molecule has 0 spiro atoms. The summed E-state index contributed by atoms with van der Waals surface area (Å²) >= 11 is 0. The highest BCUT2D eigenvalue weighted by atomic mass is 16.5. The van der Waals surface area contributed by atoms with Crippen molar-refractivity contribution in [1.82, 2.24) is 5.32 Å². The van der Waals surface area contributed by atoms with Gasteiger partial charge in [0, 0.05) is 5.69 Å². The van der Waals surface area contributed by atoms with Gasteiger partial charge in [-0.1, -0.05) is 44.2 Å². The van der Waals surface area contributed by atoms with Crippen LogP contribution in [0.2, 0.25) is 0 Å². The Morgan fingerprint density at radius 3 is 2.37 bits per heavy atom. The quantitative estimate of drug-likeness (QED) is 0.615. The monoisotopic (exact) mass is 412 g/mol. The second kappa shape index (κ2) is 11.0. The summed E-state index contributed by atoms with van der Waals surface area (Å²) in [4.78, 5) is 36.8. The first-order valence-corrected chi connectivity index (χ1v) is 9.87. The molecule has 0 saturated carbocycles. The first-order valence-electron chi connectivity index (χ1n) is 9.87. The molecule has 0 bridgehead atoms. The Labute approximate surface area is 176 Å². The Morgan fingerprint density at radius 2 is 1.67 bits per heavy atom. The number of amides is 2. The number of hydrogen-bond donors (Lipinski definition) is 2. The number of nitrogens with one attached hydrogen (secondary N) is 2. The summed E-state index contributed by atoms with van der Waals surface area (Å²) < 4.78 is 10.3. The molecule has 0 aliphatic rings. The van der Waals surface area contributed by atoms with Crippen molar-refractivity contribution in [3.05, 3.63) is 59.7 Å². The number of anilines is 1. The van der Waals surface area contributed by atoms with Crippen LogP contribution in [0.1, 0.15) is 49.0 Å². The van der Waals surface area contributed by atoms with Gasteiger partial charge in [-0.2, -0.15) is 0 Å². The predicted molar refractivity (Wildman–Crippen MR) is 115 cm³/mol. The normalized spacial score (nSPS) is 12.4. The van der Waals surface area contributed by atoms with E-state index in [9.17, 15) is 14.4 Å². The fourth-order valence-electron chi connectivity index (χ4n) is 2.87. The van der Waals surface area contributed by atoms with E-state index < -0.39 is 23.9 Å². The lowest BCUT2D eigenvalue weighted by atomic mass is 9.97. The van der Waals surface area contributed by atoms with Gasteiger partial charge in [-0.3, -0.25) is 14.4 Å². The van der Waals surface area contributed by atoms with Crippen LogP contribution >= 0.6 is 0 Å². The van der Waals surface area contributed by atoms with Gasteiger partial charge in [-0.25, -0.2) is 0 Å². The van der Waals surface area contributed by atoms with Crippen LogP contribution in [0, 0.1) is 0 Å². The third kappa shape index (κ3) is 6.07. The maximum Gasteiger partial charge on any atom is 0.326 e. The molecular weight excluding hydrogens is 384 g/mol. The zero-order valence-electron chi connectivity index (χ0n) is 17.7. The minimum Gasteiger partial charge on any atom is -0.496 e. The Hall–Kier alpha value is -3.35. The summed E-state index contributed by atoms with van der Waals surface area (Å²) in [5.74, 6) is -0.934. The molecule has 0 aliphatic heterocycles. The Balaban J connectivity index is 1.90. The second-order valence-corrected chi connectivity index (χ2v) is 6.90. The molecule has 2 amide bonds. The molecule has 2 aromatic rings. The van der Waals surface area contributed by atoms with Crippen LogP contribution < -0.4 is 15.4 Å². The summed E-state index contributed by atoms with van der Waals surface area (Å²) in [6.45, 7) is 5.28. The van der Waals surface area contributed by atoms with Crippen molar-refractivity contribution in [2.45, 2.75) is 39.2 Å². The third-order valence-corrected chi connectivity index (χ3v) is 4.78. The highest BCUT2D eigenvalue weighted by molar-refractivity contribution is 5.99.